The molecule has 0 spiro atoms. The number of urea groups is 1. The summed E-state index contributed by atoms with van der Waals surface area (Å²) in [7, 11) is 0. The minimum Gasteiger partial charge on any atom is -0.481 e. The molecule has 2 saturated carbocycles. The standard InChI is InChI=1S/C15H26N2O3/c1-10-5-3-2-4-6-13(10)17-15(20)16-12-8-7-11(9-12)14(18)19/h10-13H,2-9H2,1H3,(H,18,19)(H2,16,17,20). The second-order valence-corrected chi connectivity index (χ2v) is 6.38. The predicted molar refractivity (Wildman–Crippen MR) is 76.5 cm³/mol. The summed E-state index contributed by atoms with van der Waals surface area (Å²) in [6.45, 7) is 2.20. The van der Waals surface area contributed by atoms with Gasteiger partial charge in [-0.3, -0.25) is 4.79 Å². The first-order valence-corrected chi connectivity index (χ1v) is 7.86. The van der Waals surface area contributed by atoms with E-state index in [2.05, 4.69) is 17.6 Å². The zero-order valence-electron chi connectivity index (χ0n) is 12.2. The van der Waals surface area contributed by atoms with Crippen LogP contribution in [0.1, 0.15) is 58.3 Å². The van der Waals surface area contributed by atoms with Crippen molar-refractivity contribution in [3.63, 3.8) is 0 Å². The molecule has 0 aromatic rings. The zero-order chi connectivity index (χ0) is 14.5. The second-order valence-electron chi connectivity index (χ2n) is 6.38. The monoisotopic (exact) mass is 282 g/mol. The molecule has 114 valence electrons. The predicted octanol–water partition coefficient (Wildman–Crippen LogP) is 2.51. The first-order chi connectivity index (χ1) is 9.56. The van der Waals surface area contributed by atoms with Crippen LogP contribution in [0.2, 0.25) is 0 Å². The van der Waals surface area contributed by atoms with Crippen molar-refractivity contribution in [1.29, 1.82) is 0 Å². The summed E-state index contributed by atoms with van der Waals surface area (Å²) >= 11 is 0. The van der Waals surface area contributed by atoms with Gasteiger partial charge in [0.05, 0.1) is 5.92 Å². The van der Waals surface area contributed by atoms with Gasteiger partial charge in [0.1, 0.15) is 0 Å². The third-order valence-electron chi connectivity index (χ3n) is 4.80. The number of carbonyl (C=O) groups excluding carboxylic acids is 1. The number of hydrogen-bond donors (Lipinski definition) is 3. The molecule has 0 radical (unpaired) electrons. The van der Waals surface area contributed by atoms with Crippen molar-refractivity contribution in [2.75, 3.05) is 0 Å². The van der Waals surface area contributed by atoms with E-state index in [1.165, 1.54) is 25.7 Å². The molecular formula is C15H26N2O3. The number of carbonyl (C=O) groups is 2. The van der Waals surface area contributed by atoms with Crippen LogP contribution in [0.25, 0.3) is 0 Å². The summed E-state index contributed by atoms with van der Waals surface area (Å²) in [6.07, 6.45) is 7.91. The van der Waals surface area contributed by atoms with Gasteiger partial charge in [0.15, 0.2) is 0 Å². The van der Waals surface area contributed by atoms with Crippen molar-refractivity contribution in [1.82, 2.24) is 10.6 Å². The Kier molecular flexibility index (Phi) is 5.26. The van der Waals surface area contributed by atoms with Crippen LogP contribution in [-0.2, 0) is 4.79 Å². The van der Waals surface area contributed by atoms with Gasteiger partial charge in [0.25, 0.3) is 0 Å². The largest absolute Gasteiger partial charge is 0.481 e. The Morgan fingerprint density at radius 1 is 1.00 bits per heavy atom. The average molecular weight is 282 g/mol. The van der Waals surface area contributed by atoms with Crippen LogP contribution in [-0.4, -0.2) is 29.2 Å². The van der Waals surface area contributed by atoms with E-state index in [-0.39, 0.29) is 24.0 Å². The lowest BCUT2D eigenvalue weighted by Gasteiger charge is -2.24. The van der Waals surface area contributed by atoms with E-state index in [9.17, 15) is 9.59 Å². The fourth-order valence-electron chi connectivity index (χ4n) is 3.44. The molecule has 3 N–H and O–H groups in total. The molecule has 20 heavy (non-hydrogen) atoms. The number of aliphatic carboxylic acids is 1. The minimum absolute atomic E-state index is 0.0113. The van der Waals surface area contributed by atoms with Gasteiger partial charge in [-0.1, -0.05) is 26.2 Å². The van der Waals surface area contributed by atoms with Gasteiger partial charge in [-0.2, -0.15) is 0 Å². The molecule has 0 heterocycles. The molecule has 2 amide bonds. The lowest BCUT2D eigenvalue weighted by atomic mass is 9.97. The summed E-state index contributed by atoms with van der Waals surface area (Å²) in [6, 6.07) is 0.145. The molecule has 4 atom stereocenters. The molecule has 4 unspecified atom stereocenters. The Morgan fingerprint density at radius 3 is 2.45 bits per heavy atom. The van der Waals surface area contributed by atoms with E-state index in [0.29, 0.717) is 18.8 Å². The van der Waals surface area contributed by atoms with Gasteiger partial charge in [0, 0.05) is 12.1 Å². The summed E-state index contributed by atoms with van der Waals surface area (Å²) < 4.78 is 0. The molecule has 0 bridgehead atoms. The maximum Gasteiger partial charge on any atom is 0.315 e. The van der Waals surface area contributed by atoms with E-state index in [1.54, 1.807) is 0 Å². The summed E-state index contributed by atoms with van der Waals surface area (Å²) in [4.78, 5) is 22.9. The summed E-state index contributed by atoms with van der Waals surface area (Å²) in [5.41, 5.74) is 0. The van der Waals surface area contributed by atoms with Gasteiger partial charge in [0.2, 0.25) is 0 Å². The van der Waals surface area contributed by atoms with E-state index in [1.807, 2.05) is 0 Å². The van der Waals surface area contributed by atoms with Crippen molar-refractivity contribution in [3.8, 4) is 0 Å². The Hall–Kier alpha value is -1.26. The Morgan fingerprint density at radius 2 is 1.75 bits per heavy atom. The molecule has 0 aromatic carbocycles. The number of hydrogen-bond acceptors (Lipinski definition) is 2. The van der Waals surface area contributed by atoms with Gasteiger partial charge in [-0.15, -0.1) is 0 Å². The first kappa shape index (κ1) is 15.1. The molecule has 5 nitrogen and oxygen atoms in total. The van der Waals surface area contributed by atoms with Crippen molar-refractivity contribution in [3.05, 3.63) is 0 Å². The first-order valence-electron chi connectivity index (χ1n) is 7.86. The van der Waals surface area contributed by atoms with E-state index < -0.39 is 5.97 Å². The van der Waals surface area contributed by atoms with Crippen molar-refractivity contribution in [2.24, 2.45) is 11.8 Å². The fraction of sp³-hybridized carbons (Fsp3) is 0.867. The average Bonchev–Trinajstić information content (AvgIpc) is 2.76. The number of rotatable bonds is 3. The Labute approximate surface area is 120 Å². The molecule has 2 aliphatic rings. The Bertz CT molecular complexity index is 359. The van der Waals surface area contributed by atoms with E-state index in [0.717, 1.165) is 12.8 Å². The van der Waals surface area contributed by atoms with Crippen molar-refractivity contribution < 1.29 is 14.7 Å². The maximum atomic E-state index is 12.0. The smallest absolute Gasteiger partial charge is 0.315 e. The van der Waals surface area contributed by atoms with Crippen molar-refractivity contribution >= 4 is 12.0 Å². The highest BCUT2D eigenvalue weighted by atomic mass is 16.4. The molecule has 2 rings (SSSR count). The summed E-state index contributed by atoms with van der Waals surface area (Å²) in [5.74, 6) is -0.511. The van der Waals surface area contributed by atoms with Crippen LogP contribution in [0.15, 0.2) is 0 Å². The quantitative estimate of drug-likeness (QED) is 0.696. The van der Waals surface area contributed by atoms with Gasteiger partial charge >= 0.3 is 12.0 Å². The molecule has 5 heteroatoms. The SMILES string of the molecule is CC1CCCCCC1NC(=O)NC1CCC(C(=O)O)C1. The molecule has 2 aliphatic carbocycles. The van der Waals surface area contributed by atoms with Gasteiger partial charge in [-0.05, 0) is 38.0 Å². The normalized spacial score (nSPS) is 34.2. The molecular weight excluding hydrogens is 256 g/mol. The molecule has 2 fully saturated rings. The van der Waals surface area contributed by atoms with E-state index in [4.69, 9.17) is 5.11 Å². The van der Waals surface area contributed by atoms with Gasteiger partial charge < -0.3 is 15.7 Å². The lowest BCUT2D eigenvalue weighted by molar-refractivity contribution is -0.141. The van der Waals surface area contributed by atoms with E-state index >= 15 is 0 Å². The number of amides is 2. The summed E-state index contributed by atoms with van der Waals surface area (Å²) in [5, 5.41) is 15.0. The third-order valence-corrected chi connectivity index (χ3v) is 4.80. The highest BCUT2D eigenvalue weighted by Crippen LogP contribution is 2.26. The minimum atomic E-state index is -0.743. The Balaban J connectivity index is 1.76. The van der Waals surface area contributed by atoms with Crippen LogP contribution >= 0.6 is 0 Å². The molecule has 0 saturated heterocycles. The third kappa shape index (κ3) is 4.12. The zero-order valence-corrected chi connectivity index (χ0v) is 12.2. The van der Waals surface area contributed by atoms with Crippen molar-refractivity contribution in [2.45, 2.75) is 70.4 Å². The van der Waals surface area contributed by atoms with Crippen LogP contribution < -0.4 is 10.6 Å². The fourth-order valence-corrected chi connectivity index (χ4v) is 3.44. The maximum absolute atomic E-state index is 12.0. The highest BCUT2D eigenvalue weighted by molar-refractivity contribution is 5.75. The van der Waals surface area contributed by atoms with Crippen LogP contribution in [0.5, 0.6) is 0 Å². The second kappa shape index (κ2) is 6.95. The topological polar surface area (TPSA) is 78.4 Å². The highest BCUT2D eigenvalue weighted by Gasteiger charge is 2.31. The van der Waals surface area contributed by atoms with Crippen LogP contribution in [0, 0.1) is 11.8 Å². The number of carboxylic acids is 1. The molecule has 0 aliphatic heterocycles. The molecule has 0 aromatic heterocycles. The number of nitrogens with one attached hydrogen (secondary N) is 2. The van der Waals surface area contributed by atoms with Gasteiger partial charge in [-0.25, -0.2) is 4.79 Å². The van der Waals surface area contributed by atoms with Crippen LogP contribution in [0.3, 0.4) is 0 Å². The number of carboxylic acid groups (broad SMARTS) is 1. The lowest BCUT2D eigenvalue weighted by Crippen LogP contribution is -2.47. The van der Waals surface area contributed by atoms with Crippen LogP contribution in [0.4, 0.5) is 4.79 Å².